The molecule has 1 aliphatic carbocycles. The standard InChI is InChI=1S/C16H23NS.2C2H6/c1-6-15(4)9-7-13-14(8-10-15)18-16(5,11-17-13)12(2)3;2*1-2/h7-12H,6H2,1-5H3;2*1-2H3. The van der Waals surface area contributed by atoms with Gasteiger partial charge in [0.15, 0.2) is 0 Å². The molecule has 0 saturated heterocycles. The molecule has 1 aliphatic heterocycles. The minimum absolute atomic E-state index is 0.115. The van der Waals surface area contributed by atoms with Gasteiger partial charge < -0.3 is 0 Å². The number of nitrogens with zero attached hydrogens (tertiary/aromatic N) is 1. The maximum atomic E-state index is 4.68. The van der Waals surface area contributed by atoms with Crippen LogP contribution in [0.25, 0.3) is 0 Å². The minimum Gasteiger partial charge on any atom is -0.259 e. The molecule has 0 aromatic carbocycles. The Kier molecular flexibility index (Phi) is 9.07. The molecule has 0 saturated carbocycles. The highest BCUT2D eigenvalue weighted by Crippen LogP contribution is 2.44. The molecule has 2 heteroatoms. The van der Waals surface area contributed by atoms with Gasteiger partial charge in [0.1, 0.15) is 0 Å². The lowest BCUT2D eigenvalue weighted by Crippen LogP contribution is -2.31. The molecule has 0 bridgehead atoms. The Bertz CT molecular complexity index is 456. The normalized spacial score (nSPS) is 29.2. The van der Waals surface area contributed by atoms with Crippen molar-refractivity contribution in [1.29, 1.82) is 0 Å². The summed E-state index contributed by atoms with van der Waals surface area (Å²) in [6.45, 7) is 19.3. The Morgan fingerprint density at radius 1 is 1.05 bits per heavy atom. The predicted octanol–water partition coefficient (Wildman–Crippen LogP) is 7.03. The Morgan fingerprint density at radius 3 is 2.09 bits per heavy atom. The number of hydrogen-bond acceptors (Lipinski definition) is 2. The van der Waals surface area contributed by atoms with Crippen molar-refractivity contribution in [3.05, 3.63) is 34.9 Å². The van der Waals surface area contributed by atoms with Crippen molar-refractivity contribution in [2.45, 2.75) is 73.5 Å². The molecule has 2 atom stereocenters. The fraction of sp³-hybridized carbons (Fsp3) is 0.650. The maximum Gasteiger partial charge on any atom is 0.0759 e. The molecule has 1 heterocycles. The van der Waals surface area contributed by atoms with Gasteiger partial charge in [0.2, 0.25) is 0 Å². The molecule has 0 aromatic heterocycles. The molecule has 0 amide bonds. The van der Waals surface area contributed by atoms with Crippen LogP contribution in [0.15, 0.2) is 39.9 Å². The van der Waals surface area contributed by atoms with Crippen molar-refractivity contribution in [3.8, 4) is 0 Å². The van der Waals surface area contributed by atoms with Crippen LogP contribution in [0.4, 0.5) is 0 Å². The second-order valence-electron chi connectivity index (χ2n) is 5.97. The Morgan fingerprint density at radius 2 is 1.59 bits per heavy atom. The number of hydrogen-bond donors (Lipinski definition) is 0. The molecule has 2 rings (SSSR count). The topological polar surface area (TPSA) is 12.4 Å². The van der Waals surface area contributed by atoms with E-state index in [1.807, 2.05) is 39.5 Å². The molecule has 0 N–H and O–H groups in total. The molecule has 0 aromatic rings. The van der Waals surface area contributed by atoms with Crippen molar-refractivity contribution in [1.82, 2.24) is 0 Å². The van der Waals surface area contributed by atoms with E-state index in [1.54, 1.807) is 0 Å². The first-order chi connectivity index (χ1) is 10.4. The molecule has 126 valence electrons. The van der Waals surface area contributed by atoms with E-state index in [9.17, 15) is 0 Å². The predicted molar refractivity (Wildman–Crippen MR) is 106 cm³/mol. The highest BCUT2D eigenvalue weighted by atomic mass is 32.2. The summed E-state index contributed by atoms with van der Waals surface area (Å²) in [6, 6.07) is 0. The van der Waals surface area contributed by atoms with Crippen molar-refractivity contribution in [2.75, 3.05) is 0 Å². The van der Waals surface area contributed by atoms with Crippen molar-refractivity contribution >= 4 is 18.0 Å². The van der Waals surface area contributed by atoms with Gasteiger partial charge in [-0.2, -0.15) is 0 Å². The Balaban J connectivity index is 0.00000102. The van der Waals surface area contributed by atoms with E-state index >= 15 is 0 Å². The number of aliphatic imine (C=N–C) groups is 1. The first kappa shape index (κ1) is 21.2. The van der Waals surface area contributed by atoms with Crippen LogP contribution in [0.3, 0.4) is 0 Å². The maximum absolute atomic E-state index is 4.68. The van der Waals surface area contributed by atoms with Crippen LogP contribution >= 0.6 is 11.8 Å². The summed E-state index contributed by atoms with van der Waals surface area (Å²) in [6.07, 6.45) is 12.3. The molecule has 22 heavy (non-hydrogen) atoms. The van der Waals surface area contributed by atoms with Gasteiger partial charge in [-0.05, 0) is 31.4 Å². The van der Waals surface area contributed by atoms with Gasteiger partial charge in [0.05, 0.1) is 10.4 Å². The van der Waals surface area contributed by atoms with E-state index in [-0.39, 0.29) is 10.2 Å². The zero-order chi connectivity index (χ0) is 17.4. The van der Waals surface area contributed by atoms with Crippen LogP contribution in [0, 0.1) is 11.3 Å². The van der Waals surface area contributed by atoms with E-state index in [2.05, 4.69) is 70.1 Å². The van der Waals surface area contributed by atoms with Crippen molar-refractivity contribution in [3.63, 3.8) is 0 Å². The van der Waals surface area contributed by atoms with Gasteiger partial charge in [-0.3, -0.25) is 4.99 Å². The van der Waals surface area contributed by atoms with Crippen LogP contribution in [-0.2, 0) is 0 Å². The molecule has 2 unspecified atom stereocenters. The molecular weight excluding hydrogens is 286 g/mol. The summed E-state index contributed by atoms with van der Waals surface area (Å²) in [5, 5.41) is 0. The van der Waals surface area contributed by atoms with Crippen LogP contribution in [-0.4, -0.2) is 11.0 Å². The van der Waals surface area contributed by atoms with Crippen molar-refractivity contribution in [2.24, 2.45) is 16.3 Å². The van der Waals surface area contributed by atoms with E-state index in [1.165, 1.54) is 4.91 Å². The lowest BCUT2D eigenvalue weighted by Gasteiger charge is -2.32. The van der Waals surface area contributed by atoms with Gasteiger partial charge in [-0.25, -0.2) is 0 Å². The summed E-state index contributed by atoms with van der Waals surface area (Å²) >= 11 is 1.94. The van der Waals surface area contributed by atoms with Crippen LogP contribution in [0.5, 0.6) is 0 Å². The Hall–Kier alpha value is -0.760. The lowest BCUT2D eigenvalue weighted by molar-refractivity contribution is 0.531. The summed E-state index contributed by atoms with van der Waals surface area (Å²) < 4.78 is 0.115. The SMILES string of the molecule is CC.CC.CCC1(C)C=CC2=C(C=C1)SC(C)(C(C)C)C=N2. The molecule has 0 fully saturated rings. The average molecular weight is 322 g/mol. The van der Waals surface area contributed by atoms with Gasteiger partial charge >= 0.3 is 0 Å². The van der Waals surface area contributed by atoms with Gasteiger partial charge in [0, 0.05) is 16.5 Å². The third kappa shape index (κ3) is 5.15. The van der Waals surface area contributed by atoms with E-state index in [4.69, 9.17) is 0 Å². The van der Waals surface area contributed by atoms with Crippen LogP contribution in [0.1, 0.15) is 68.7 Å². The highest BCUT2D eigenvalue weighted by Gasteiger charge is 2.32. The zero-order valence-corrected chi connectivity index (χ0v) is 16.8. The smallest absolute Gasteiger partial charge is 0.0759 e. The summed E-state index contributed by atoms with van der Waals surface area (Å²) in [4.78, 5) is 5.99. The van der Waals surface area contributed by atoms with E-state index in [0.717, 1.165) is 12.1 Å². The highest BCUT2D eigenvalue weighted by molar-refractivity contribution is 8.05. The summed E-state index contributed by atoms with van der Waals surface area (Å²) in [7, 11) is 0. The monoisotopic (exact) mass is 321 g/mol. The van der Waals surface area contributed by atoms with Crippen LogP contribution in [0.2, 0.25) is 0 Å². The first-order valence-electron chi connectivity index (χ1n) is 8.75. The third-order valence-corrected chi connectivity index (χ3v) is 5.77. The number of allylic oxidation sites excluding steroid dienone is 4. The fourth-order valence-corrected chi connectivity index (χ4v) is 3.09. The third-order valence-electron chi connectivity index (χ3n) is 4.19. The molecule has 1 nitrogen and oxygen atoms in total. The second-order valence-corrected chi connectivity index (χ2v) is 7.50. The van der Waals surface area contributed by atoms with E-state index < -0.39 is 0 Å². The largest absolute Gasteiger partial charge is 0.259 e. The number of rotatable bonds is 2. The molecular formula is C20H35NS. The quantitative estimate of drug-likeness (QED) is 0.532. The first-order valence-corrected chi connectivity index (χ1v) is 9.57. The lowest BCUT2D eigenvalue weighted by atomic mass is 9.87. The van der Waals surface area contributed by atoms with Crippen molar-refractivity contribution < 1.29 is 0 Å². The number of thioether (sulfide) groups is 1. The van der Waals surface area contributed by atoms with Gasteiger partial charge in [-0.1, -0.05) is 67.5 Å². The zero-order valence-electron chi connectivity index (χ0n) is 16.0. The van der Waals surface area contributed by atoms with E-state index in [0.29, 0.717) is 5.92 Å². The molecule has 0 radical (unpaired) electrons. The Labute approximate surface area is 143 Å². The van der Waals surface area contributed by atoms with Crippen LogP contribution < -0.4 is 0 Å². The van der Waals surface area contributed by atoms with Gasteiger partial charge in [-0.15, -0.1) is 11.8 Å². The average Bonchev–Trinajstić information content (AvgIpc) is 2.71. The molecule has 2 aliphatic rings. The second kappa shape index (κ2) is 9.39. The fourth-order valence-electron chi connectivity index (χ4n) is 1.92. The minimum atomic E-state index is 0.115. The molecule has 0 spiro atoms. The summed E-state index contributed by atoms with van der Waals surface area (Å²) in [5.74, 6) is 0.582. The van der Waals surface area contributed by atoms with Gasteiger partial charge in [0.25, 0.3) is 0 Å². The summed E-state index contributed by atoms with van der Waals surface area (Å²) in [5.41, 5.74) is 1.29.